The first-order chi connectivity index (χ1) is 10.9. The molecule has 0 amide bonds. The third-order valence-corrected chi connectivity index (χ3v) is 5.35. The van der Waals surface area contributed by atoms with E-state index in [-0.39, 0.29) is 12.0 Å². The molecule has 0 bridgehead atoms. The van der Waals surface area contributed by atoms with Crippen LogP contribution in [0.4, 0.5) is 0 Å². The summed E-state index contributed by atoms with van der Waals surface area (Å²) in [4.78, 5) is 0. The number of benzene rings is 1. The van der Waals surface area contributed by atoms with Gasteiger partial charge in [0.2, 0.25) is 0 Å². The van der Waals surface area contributed by atoms with E-state index in [1.165, 1.54) is 6.42 Å². The molecule has 1 aromatic rings. The normalized spacial score (nSPS) is 20.0. The summed E-state index contributed by atoms with van der Waals surface area (Å²) in [6.07, 6.45) is 6.27. The minimum Gasteiger partial charge on any atom is -0.389 e. The number of aliphatic hydroxyl groups is 1. The third-order valence-electron chi connectivity index (χ3n) is 5.11. The lowest BCUT2D eigenvalue weighted by Gasteiger charge is -2.40. The predicted molar refractivity (Wildman–Crippen MR) is 97.7 cm³/mol. The minimum absolute atomic E-state index is 0.0435. The lowest BCUT2D eigenvalue weighted by atomic mass is 9.70. The van der Waals surface area contributed by atoms with Gasteiger partial charge in [-0.1, -0.05) is 43.0 Å². The highest BCUT2D eigenvalue weighted by atomic mass is 35.5. The Hall–Kier alpha value is -0.900. The second-order valence-electron chi connectivity index (χ2n) is 6.97. The Labute approximate surface area is 145 Å². The molecule has 2 atom stereocenters. The Morgan fingerprint density at radius 1 is 1.30 bits per heavy atom. The van der Waals surface area contributed by atoms with E-state index >= 15 is 0 Å². The van der Waals surface area contributed by atoms with Gasteiger partial charge in [0, 0.05) is 29.1 Å². The maximum Gasteiger partial charge on any atom is 0.0719 e. The van der Waals surface area contributed by atoms with Crippen LogP contribution in [-0.4, -0.2) is 29.5 Å². The van der Waals surface area contributed by atoms with E-state index in [0.29, 0.717) is 23.6 Å². The zero-order valence-corrected chi connectivity index (χ0v) is 15.0. The molecular weight excluding hydrogens is 308 g/mol. The predicted octanol–water partition coefficient (Wildman–Crippen LogP) is 4.53. The summed E-state index contributed by atoms with van der Waals surface area (Å²) in [5.74, 6) is -0.0435. The van der Waals surface area contributed by atoms with Crippen molar-refractivity contribution >= 4 is 17.3 Å². The quantitative estimate of drug-likeness (QED) is 0.641. The first-order valence-corrected chi connectivity index (χ1v) is 9.04. The second-order valence-corrected chi connectivity index (χ2v) is 7.41. The van der Waals surface area contributed by atoms with Crippen LogP contribution in [0.5, 0.6) is 0 Å². The fourth-order valence-electron chi connectivity index (χ4n) is 3.66. The minimum atomic E-state index is -0.710. The zero-order valence-electron chi connectivity index (χ0n) is 14.2. The summed E-state index contributed by atoms with van der Waals surface area (Å²) in [6.45, 7) is 2.08. The lowest BCUT2D eigenvalue weighted by Crippen LogP contribution is -2.40. The number of halogens is 1. The van der Waals surface area contributed by atoms with Crippen molar-refractivity contribution in [2.24, 2.45) is 0 Å². The molecule has 1 fully saturated rings. The van der Waals surface area contributed by atoms with Crippen LogP contribution in [0.3, 0.4) is 0 Å². The number of nitrogens with one attached hydrogen (secondary N) is 2. The Bertz CT molecular complexity index is 526. The van der Waals surface area contributed by atoms with Gasteiger partial charge in [-0.05, 0) is 50.9 Å². The summed E-state index contributed by atoms with van der Waals surface area (Å²) in [5.41, 5.74) is 1.04. The van der Waals surface area contributed by atoms with E-state index in [2.05, 4.69) is 12.2 Å². The van der Waals surface area contributed by atoms with Crippen LogP contribution in [0.25, 0.3) is 0 Å². The standard InChI is InChI=1S/C19H29ClN2O/c1-14(22-2)11-17(21)13-18(15-7-6-8-16(20)12-15)19(23)9-4-3-5-10-19/h6-8,12,14,18,21-23H,3-5,9-11,13H2,1-2H3/t14-,18?/m1/s1. The van der Waals surface area contributed by atoms with Gasteiger partial charge in [-0.15, -0.1) is 0 Å². The summed E-state index contributed by atoms with van der Waals surface area (Å²) in [6, 6.07) is 8.08. The van der Waals surface area contributed by atoms with E-state index in [0.717, 1.165) is 31.2 Å². The van der Waals surface area contributed by atoms with Crippen molar-refractivity contribution in [2.75, 3.05) is 7.05 Å². The molecule has 0 heterocycles. The van der Waals surface area contributed by atoms with Gasteiger partial charge in [0.25, 0.3) is 0 Å². The molecule has 1 saturated carbocycles. The molecule has 1 unspecified atom stereocenters. The maximum absolute atomic E-state index is 11.3. The highest BCUT2D eigenvalue weighted by molar-refractivity contribution is 6.30. The van der Waals surface area contributed by atoms with Crippen molar-refractivity contribution < 1.29 is 5.11 Å². The fourth-order valence-corrected chi connectivity index (χ4v) is 3.85. The van der Waals surface area contributed by atoms with Gasteiger partial charge < -0.3 is 15.8 Å². The fraction of sp³-hybridized carbons (Fsp3) is 0.632. The first kappa shape index (κ1) is 18.4. The highest BCUT2D eigenvalue weighted by Gasteiger charge is 2.39. The monoisotopic (exact) mass is 336 g/mol. The van der Waals surface area contributed by atoms with Crippen LogP contribution in [0.2, 0.25) is 5.02 Å². The van der Waals surface area contributed by atoms with Gasteiger partial charge >= 0.3 is 0 Å². The van der Waals surface area contributed by atoms with Gasteiger partial charge in [-0.2, -0.15) is 0 Å². The topological polar surface area (TPSA) is 56.1 Å². The average Bonchev–Trinajstić information content (AvgIpc) is 2.53. The molecule has 3 nitrogen and oxygen atoms in total. The first-order valence-electron chi connectivity index (χ1n) is 8.66. The van der Waals surface area contributed by atoms with Crippen molar-refractivity contribution in [3.63, 3.8) is 0 Å². The largest absolute Gasteiger partial charge is 0.389 e. The zero-order chi connectivity index (χ0) is 16.9. The molecule has 1 aliphatic rings. The number of hydrogen-bond acceptors (Lipinski definition) is 3. The molecule has 0 saturated heterocycles. The molecule has 0 aliphatic heterocycles. The number of rotatable bonds is 7. The molecular formula is C19H29ClN2O. The van der Waals surface area contributed by atoms with Gasteiger partial charge in [-0.25, -0.2) is 0 Å². The summed E-state index contributed by atoms with van der Waals surface area (Å²) < 4.78 is 0. The molecule has 0 aromatic heterocycles. The Morgan fingerprint density at radius 2 is 2.00 bits per heavy atom. The lowest BCUT2D eigenvalue weighted by molar-refractivity contribution is -0.0202. The average molecular weight is 337 g/mol. The summed E-state index contributed by atoms with van der Waals surface area (Å²) in [5, 5.41) is 23.5. The maximum atomic E-state index is 11.3. The van der Waals surface area contributed by atoms with Crippen LogP contribution in [0, 0.1) is 5.41 Å². The molecule has 2 rings (SSSR count). The molecule has 1 aliphatic carbocycles. The van der Waals surface area contributed by atoms with Crippen LogP contribution >= 0.6 is 11.6 Å². The molecule has 23 heavy (non-hydrogen) atoms. The van der Waals surface area contributed by atoms with Gasteiger partial charge in [-0.3, -0.25) is 0 Å². The van der Waals surface area contributed by atoms with Crippen LogP contribution < -0.4 is 5.32 Å². The van der Waals surface area contributed by atoms with Gasteiger partial charge in [0.05, 0.1) is 5.60 Å². The van der Waals surface area contributed by atoms with Crippen LogP contribution in [0.1, 0.15) is 63.4 Å². The van der Waals surface area contributed by atoms with Crippen molar-refractivity contribution in [3.05, 3.63) is 34.9 Å². The van der Waals surface area contributed by atoms with Crippen molar-refractivity contribution in [1.82, 2.24) is 5.32 Å². The van der Waals surface area contributed by atoms with E-state index in [1.807, 2.05) is 31.3 Å². The highest BCUT2D eigenvalue weighted by Crippen LogP contribution is 2.42. The van der Waals surface area contributed by atoms with E-state index in [1.54, 1.807) is 0 Å². The molecule has 128 valence electrons. The van der Waals surface area contributed by atoms with E-state index in [9.17, 15) is 5.11 Å². The second kappa shape index (κ2) is 8.27. The van der Waals surface area contributed by atoms with Crippen LogP contribution in [0.15, 0.2) is 24.3 Å². The molecule has 4 heteroatoms. The Morgan fingerprint density at radius 3 is 2.61 bits per heavy atom. The molecule has 0 spiro atoms. The summed E-state index contributed by atoms with van der Waals surface area (Å²) >= 11 is 6.17. The number of hydrogen-bond donors (Lipinski definition) is 3. The summed E-state index contributed by atoms with van der Waals surface area (Å²) in [7, 11) is 1.92. The van der Waals surface area contributed by atoms with Crippen molar-refractivity contribution in [3.8, 4) is 0 Å². The van der Waals surface area contributed by atoms with Crippen molar-refractivity contribution in [2.45, 2.75) is 69.4 Å². The SMILES string of the molecule is CN[C@H](C)CC(=N)CC(c1cccc(Cl)c1)C1(O)CCCCC1. The van der Waals surface area contributed by atoms with E-state index in [4.69, 9.17) is 17.0 Å². The molecule has 1 aromatic carbocycles. The van der Waals surface area contributed by atoms with Crippen molar-refractivity contribution in [1.29, 1.82) is 5.41 Å². The van der Waals surface area contributed by atoms with Gasteiger partial charge in [0.15, 0.2) is 0 Å². The molecule has 0 radical (unpaired) electrons. The molecule has 3 N–H and O–H groups in total. The van der Waals surface area contributed by atoms with Crippen LogP contribution in [-0.2, 0) is 0 Å². The van der Waals surface area contributed by atoms with Gasteiger partial charge in [0.1, 0.15) is 0 Å². The smallest absolute Gasteiger partial charge is 0.0719 e. The Balaban J connectivity index is 2.22. The third kappa shape index (κ3) is 5.03. The van der Waals surface area contributed by atoms with E-state index < -0.39 is 5.60 Å². The Kier molecular flexibility index (Phi) is 6.63.